The van der Waals surface area contributed by atoms with Gasteiger partial charge in [-0.05, 0) is 60.5 Å². The second-order valence-electron chi connectivity index (χ2n) is 6.47. The Hall–Kier alpha value is -2.93. The summed E-state index contributed by atoms with van der Waals surface area (Å²) >= 11 is 5.94. The number of nitrogens with zero attached hydrogens (tertiary/aromatic N) is 4. The molecule has 138 valence electrons. The number of hydrogen-bond donors (Lipinski definition) is 1. The van der Waals surface area contributed by atoms with E-state index in [0.717, 1.165) is 18.4 Å². The van der Waals surface area contributed by atoms with Crippen LogP contribution in [0, 0.1) is 0 Å². The monoisotopic (exact) mass is 383 g/mol. The van der Waals surface area contributed by atoms with Gasteiger partial charge in [0.05, 0.1) is 6.04 Å². The topological polar surface area (TPSA) is 81.9 Å². The molecule has 0 radical (unpaired) electrons. The third kappa shape index (κ3) is 4.09. The lowest BCUT2D eigenvalue weighted by Gasteiger charge is -2.15. The van der Waals surface area contributed by atoms with Gasteiger partial charge in [-0.1, -0.05) is 29.8 Å². The second kappa shape index (κ2) is 7.36. The SMILES string of the molecule is CC(Oc1cccc(Cl)c1)C(=O)Nc1cccc(-c2nnnn2C2CC2)c1. The molecule has 7 nitrogen and oxygen atoms in total. The van der Waals surface area contributed by atoms with Gasteiger partial charge >= 0.3 is 0 Å². The Balaban J connectivity index is 1.46. The highest BCUT2D eigenvalue weighted by atomic mass is 35.5. The zero-order chi connectivity index (χ0) is 18.8. The molecule has 1 N–H and O–H groups in total. The molecule has 4 rings (SSSR count). The van der Waals surface area contributed by atoms with Crippen molar-refractivity contribution in [1.29, 1.82) is 0 Å². The lowest BCUT2D eigenvalue weighted by atomic mass is 10.2. The quantitative estimate of drug-likeness (QED) is 0.701. The van der Waals surface area contributed by atoms with Crippen molar-refractivity contribution >= 4 is 23.2 Å². The Kier molecular flexibility index (Phi) is 4.77. The number of ether oxygens (including phenoxy) is 1. The lowest BCUT2D eigenvalue weighted by Crippen LogP contribution is -2.30. The maximum atomic E-state index is 12.5. The zero-order valence-corrected chi connectivity index (χ0v) is 15.4. The number of rotatable bonds is 6. The van der Waals surface area contributed by atoms with Gasteiger partial charge in [0.2, 0.25) is 0 Å². The number of halogens is 1. The lowest BCUT2D eigenvalue weighted by molar-refractivity contribution is -0.122. The van der Waals surface area contributed by atoms with Crippen LogP contribution < -0.4 is 10.1 Å². The van der Waals surface area contributed by atoms with Crippen LogP contribution in [-0.2, 0) is 4.79 Å². The molecule has 3 aromatic rings. The summed E-state index contributed by atoms with van der Waals surface area (Å²) in [4.78, 5) is 12.5. The summed E-state index contributed by atoms with van der Waals surface area (Å²) in [5.41, 5.74) is 1.51. The van der Waals surface area contributed by atoms with Crippen molar-refractivity contribution in [2.24, 2.45) is 0 Å². The van der Waals surface area contributed by atoms with Gasteiger partial charge in [0.25, 0.3) is 5.91 Å². The van der Waals surface area contributed by atoms with Crippen molar-refractivity contribution in [3.05, 3.63) is 53.6 Å². The summed E-state index contributed by atoms with van der Waals surface area (Å²) in [7, 11) is 0. The molecule has 0 saturated heterocycles. The Morgan fingerprint density at radius 1 is 1.26 bits per heavy atom. The van der Waals surface area contributed by atoms with E-state index in [2.05, 4.69) is 20.8 Å². The van der Waals surface area contributed by atoms with Gasteiger partial charge < -0.3 is 10.1 Å². The maximum Gasteiger partial charge on any atom is 0.265 e. The molecule has 8 heteroatoms. The van der Waals surface area contributed by atoms with Crippen molar-refractivity contribution in [3.63, 3.8) is 0 Å². The number of tetrazole rings is 1. The fourth-order valence-corrected chi connectivity index (χ4v) is 2.91. The van der Waals surface area contributed by atoms with E-state index in [0.29, 0.717) is 28.3 Å². The zero-order valence-electron chi connectivity index (χ0n) is 14.7. The van der Waals surface area contributed by atoms with E-state index in [-0.39, 0.29) is 5.91 Å². The molecule has 1 saturated carbocycles. The van der Waals surface area contributed by atoms with E-state index in [1.807, 2.05) is 28.9 Å². The van der Waals surface area contributed by atoms with Crippen LogP contribution in [0.15, 0.2) is 48.5 Å². The average molecular weight is 384 g/mol. The molecular weight excluding hydrogens is 366 g/mol. The van der Waals surface area contributed by atoms with Crippen LogP contribution >= 0.6 is 11.6 Å². The summed E-state index contributed by atoms with van der Waals surface area (Å²) < 4.78 is 7.50. The molecule has 1 heterocycles. The number of amides is 1. The number of carbonyl (C=O) groups excluding carboxylic acids is 1. The summed E-state index contributed by atoms with van der Waals surface area (Å²) in [6.07, 6.45) is 1.50. The van der Waals surface area contributed by atoms with Gasteiger partial charge in [-0.25, -0.2) is 4.68 Å². The summed E-state index contributed by atoms with van der Waals surface area (Å²) in [6, 6.07) is 14.8. The Labute approximate surface area is 161 Å². The minimum absolute atomic E-state index is 0.256. The standard InChI is InChI=1S/C19H18ClN5O2/c1-12(27-17-7-3-5-14(20)11-17)19(26)21-15-6-2-4-13(10-15)18-22-23-24-25(18)16-8-9-16/h2-7,10-12,16H,8-9H2,1H3,(H,21,26). The molecule has 1 aliphatic carbocycles. The first-order valence-electron chi connectivity index (χ1n) is 8.71. The molecular formula is C19H18ClN5O2. The van der Waals surface area contributed by atoms with E-state index in [4.69, 9.17) is 16.3 Å². The predicted octanol–water partition coefficient (Wildman–Crippen LogP) is 3.73. The molecule has 1 aliphatic rings. The minimum Gasteiger partial charge on any atom is -0.481 e. The van der Waals surface area contributed by atoms with Gasteiger partial charge in [0, 0.05) is 16.3 Å². The van der Waals surface area contributed by atoms with Crippen molar-refractivity contribution in [1.82, 2.24) is 20.2 Å². The maximum absolute atomic E-state index is 12.5. The van der Waals surface area contributed by atoms with Crippen molar-refractivity contribution < 1.29 is 9.53 Å². The summed E-state index contributed by atoms with van der Waals surface area (Å²) in [6.45, 7) is 1.69. The first-order chi connectivity index (χ1) is 13.1. The highest BCUT2D eigenvalue weighted by Gasteiger charge is 2.28. The molecule has 1 amide bonds. The Morgan fingerprint density at radius 3 is 2.85 bits per heavy atom. The molecule has 1 aromatic heterocycles. The van der Waals surface area contributed by atoms with Crippen LogP contribution in [0.4, 0.5) is 5.69 Å². The predicted molar refractivity (Wildman–Crippen MR) is 102 cm³/mol. The van der Waals surface area contributed by atoms with Crippen LogP contribution in [0.3, 0.4) is 0 Å². The first kappa shape index (κ1) is 17.5. The second-order valence-corrected chi connectivity index (χ2v) is 6.90. The first-order valence-corrected chi connectivity index (χ1v) is 9.09. The van der Waals surface area contributed by atoms with Crippen molar-refractivity contribution in [2.45, 2.75) is 31.9 Å². The molecule has 2 aromatic carbocycles. The van der Waals surface area contributed by atoms with Crippen LogP contribution in [0.5, 0.6) is 5.75 Å². The highest BCUT2D eigenvalue weighted by Crippen LogP contribution is 2.36. The largest absolute Gasteiger partial charge is 0.481 e. The number of benzene rings is 2. The fraction of sp³-hybridized carbons (Fsp3) is 0.263. The number of anilines is 1. The van der Waals surface area contributed by atoms with Gasteiger partial charge in [-0.15, -0.1) is 5.10 Å². The summed E-state index contributed by atoms with van der Waals surface area (Å²) in [5, 5.41) is 15.4. The Bertz CT molecular complexity index is 970. The molecule has 27 heavy (non-hydrogen) atoms. The number of carbonyl (C=O) groups is 1. The van der Waals surface area contributed by atoms with Crippen LogP contribution in [0.1, 0.15) is 25.8 Å². The molecule has 0 bridgehead atoms. The van der Waals surface area contributed by atoms with Crippen LogP contribution in [0.2, 0.25) is 5.02 Å². The Morgan fingerprint density at radius 2 is 2.07 bits per heavy atom. The van der Waals surface area contributed by atoms with Gasteiger partial charge in [-0.3, -0.25) is 4.79 Å². The van der Waals surface area contributed by atoms with Gasteiger partial charge in [-0.2, -0.15) is 0 Å². The van der Waals surface area contributed by atoms with Crippen molar-refractivity contribution in [2.75, 3.05) is 5.32 Å². The molecule has 1 unspecified atom stereocenters. The number of nitrogens with one attached hydrogen (secondary N) is 1. The molecule has 0 spiro atoms. The third-order valence-electron chi connectivity index (χ3n) is 4.25. The smallest absolute Gasteiger partial charge is 0.265 e. The van der Waals surface area contributed by atoms with Gasteiger partial charge in [0.1, 0.15) is 5.75 Å². The fourth-order valence-electron chi connectivity index (χ4n) is 2.73. The van der Waals surface area contributed by atoms with E-state index in [1.165, 1.54) is 0 Å². The van der Waals surface area contributed by atoms with E-state index < -0.39 is 6.10 Å². The van der Waals surface area contributed by atoms with Crippen LogP contribution in [0.25, 0.3) is 11.4 Å². The molecule has 0 aliphatic heterocycles. The minimum atomic E-state index is -0.677. The van der Waals surface area contributed by atoms with E-state index in [1.54, 1.807) is 31.2 Å². The van der Waals surface area contributed by atoms with E-state index in [9.17, 15) is 4.79 Å². The average Bonchev–Trinajstić information content (AvgIpc) is 3.38. The number of hydrogen-bond acceptors (Lipinski definition) is 5. The van der Waals surface area contributed by atoms with Gasteiger partial charge in [0.15, 0.2) is 11.9 Å². The third-order valence-corrected chi connectivity index (χ3v) is 4.49. The molecule has 1 fully saturated rings. The van der Waals surface area contributed by atoms with E-state index >= 15 is 0 Å². The number of aromatic nitrogens is 4. The molecule has 1 atom stereocenters. The highest BCUT2D eigenvalue weighted by molar-refractivity contribution is 6.30. The normalized spacial score (nSPS) is 14.6. The summed E-state index contributed by atoms with van der Waals surface area (Å²) in [5.74, 6) is 0.994. The van der Waals surface area contributed by atoms with Crippen molar-refractivity contribution in [3.8, 4) is 17.1 Å². The van der Waals surface area contributed by atoms with Crippen LogP contribution in [-0.4, -0.2) is 32.2 Å².